The number of carbonyl (C=O) groups excluding carboxylic acids is 4. The van der Waals surface area contributed by atoms with Gasteiger partial charge in [-0.25, -0.2) is 0 Å². The molecule has 1 aromatic carbocycles. The van der Waals surface area contributed by atoms with E-state index in [9.17, 15) is 37.5 Å². The summed E-state index contributed by atoms with van der Waals surface area (Å²) in [7, 11) is 0. The van der Waals surface area contributed by atoms with Gasteiger partial charge in [-0.1, -0.05) is 12.2 Å². The van der Waals surface area contributed by atoms with Crippen LogP contribution >= 0.6 is 0 Å². The van der Waals surface area contributed by atoms with E-state index in [0.717, 1.165) is 24.3 Å². The number of hydrogen-bond donors (Lipinski definition) is 3. The number of nitrogens with one attached hydrogen (secondary N) is 2. The molecule has 0 aromatic heterocycles. The van der Waals surface area contributed by atoms with Gasteiger partial charge in [-0.15, -0.1) is 0 Å². The number of hydrogen-bond acceptors (Lipinski definition) is 7. The number of amides is 3. The van der Waals surface area contributed by atoms with Gasteiger partial charge < -0.3 is 30.1 Å². The molecule has 1 aromatic rings. The smallest absolute Gasteiger partial charge is 0.416 e. The van der Waals surface area contributed by atoms with Crippen molar-refractivity contribution in [2.45, 2.75) is 55.9 Å². The number of alkyl halides is 3. The zero-order chi connectivity index (χ0) is 26.0. The summed E-state index contributed by atoms with van der Waals surface area (Å²) in [6.45, 7) is 0.00204. The minimum atomic E-state index is -4.55. The van der Waals surface area contributed by atoms with E-state index >= 15 is 0 Å². The van der Waals surface area contributed by atoms with Gasteiger partial charge in [-0.2, -0.15) is 13.2 Å². The summed E-state index contributed by atoms with van der Waals surface area (Å²) in [5, 5.41) is 14.9. The molecule has 2 fully saturated rings. The molecule has 2 saturated heterocycles. The van der Waals surface area contributed by atoms with Gasteiger partial charge >= 0.3 is 12.1 Å². The van der Waals surface area contributed by atoms with Crippen LogP contribution in [0.25, 0.3) is 0 Å². The third kappa shape index (κ3) is 5.51. The number of benzene rings is 1. The number of ether oxygens (including phenoxy) is 2. The lowest BCUT2D eigenvalue weighted by Crippen LogP contribution is -2.65. The highest BCUT2D eigenvalue weighted by Gasteiger charge is 2.44. The van der Waals surface area contributed by atoms with E-state index < -0.39 is 65.9 Å². The van der Waals surface area contributed by atoms with Crippen LogP contribution in [0.5, 0.6) is 0 Å². The van der Waals surface area contributed by atoms with Gasteiger partial charge in [-0.3, -0.25) is 19.2 Å². The molecule has 3 heterocycles. The summed E-state index contributed by atoms with van der Waals surface area (Å²) in [4.78, 5) is 52.0. The SMILES string of the molecule is O=C1C[C@H](NC(=O)[C@@H]2COC[C@@H]3C/C=C\C[C@H](NC(=O)c4ccc(C(F)(F)F)cc4)C(=O)N32)C(O)O1. The maximum atomic E-state index is 13.5. The standard InChI is InChI=1S/C23H24F3N3O7/c24-23(25,26)13-7-5-12(6-8-13)19(31)27-15-4-2-1-3-14-10-35-11-17(29(14)21(15)33)20(32)28-16-9-18(30)36-22(16)34/h1-2,5-8,14-17,22,34H,3-4,9-11H2,(H,27,31)(H,28,32)/b2-1-/t14-,15-,16-,17-,22?/m0/s1. The molecule has 3 aliphatic rings. The first-order valence-electron chi connectivity index (χ1n) is 11.3. The third-order valence-corrected chi connectivity index (χ3v) is 6.21. The summed E-state index contributed by atoms with van der Waals surface area (Å²) in [5.41, 5.74) is -0.969. The van der Waals surface area contributed by atoms with Crippen molar-refractivity contribution in [2.24, 2.45) is 0 Å². The molecule has 0 radical (unpaired) electrons. The fraction of sp³-hybridized carbons (Fsp3) is 0.478. The number of rotatable bonds is 4. The first-order valence-corrected chi connectivity index (χ1v) is 11.3. The first kappa shape index (κ1) is 25.6. The molecule has 1 unspecified atom stereocenters. The Morgan fingerprint density at radius 3 is 2.36 bits per heavy atom. The Balaban J connectivity index is 1.50. The van der Waals surface area contributed by atoms with Crippen LogP contribution in [0.3, 0.4) is 0 Å². The van der Waals surface area contributed by atoms with E-state index in [1.54, 1.807) is 12.2 Å². The number of cyclic esters (lactones) is 1. The predicted octanol–water partition coefficient (Wildman–Crippen LogP) is 0.500. The first-order chi connectivity index (χ1) is 17.0. The zero-order valence-electron chi connectivity index (χ0n) is 18.9. The summed E-state index contributed by atoms with van der Waals surface area (Å²) in [6.07, 6.45) is -2.30. The second-order valence-electron chi connectivity index (χ2n) is 8.70. The summed E-state index contributed by atoms with van der Waals surface area (Å²) in [5.74, 6) is -2.64. The van der Waals surface area contributed by atoms with E-state index in [-0.39, 0.29) is 31.6 Å². The monoisotopic (exact) mass is 511 g/mol. The summed E-state index contributed by atoms with van der Waals surface area (Å²) in [6, 6.07) is -0.0966. The fourth-order valence-corrected chi connectivity index (χ4v) is 4.33. The molecule has 3 N–H and O–H groups in total. The Morgan fingerprint density at radius 2 is 1.72 bits per heavy atom. The van der Waals surface area contributed by atoms with Gasteiger partial charge in [0.2, 0.25) is 18.1 Å². The van der Waals surface area contributed by atoms with Gasteiger partial charge in [0.1, 0.15) is 18.1 Å². The van der Waals surface area contributed by atoms with Crippen molar-refractivity contribution in [1.29, 1.82) is 0 Å². The van der Waals surface area contributed by atoms with Crippen LogP contribution in [0.1, 0.15) is 35.2 Å². The molecule has 0 aliphatic carbocycles. The van der Waals surface area contributed by atoms with E-state index in [0.29, 0.717) is 6.42 Å². The minimum Gasteiger partial charge on any atom is -0.434 e. The third-order valence-electron chi connectivity index (χ3n) is 6.21. The molecule has 5 atom stereocenters. The summed E-state index contributed by atoms with van der Waals surface area (Å²) >= 11 is 0. The Labute approximate surface area is 203 Å². The number of halogens is 3. The Hall–Kier alpha value is -3.45. The fourth-order valence-electron chi connectivity index (χ4n) is 4.33. The average Bonchev–Trinajstić information content (AvgIpc) is 3.14. The quantitative estimate of drug-likeness (QED) is 0.396. The van der Waals surface area contributed by atoms with Gasteiger partial charge in [0, 0.05) is 5.56 Å². The van der Waals surface area contributed by atoms with E-state index in [2.05, 4.69) is 15.4 Å². The molecule has 3 aliphatic heterocycles. The molecule has 0 bridgehead atoms. The highest BCUT2D eigenvalue weighted by molar-refractivity contribution is 5.98. The van der Waals surface area contributed by atoms with E-state index in [1.807, 2.05) is 0 Å². The van der Waals surface area contributed by atoms with Crippen LogP contribution in [-0.4, -0.2) is 77.4 Å². The average molecular weight is 511 g/mol. The molecule has 13 heteroatoms. The highest BCUT2D eigenvalue weighted by atomic mass is 19.4. The maximum absolute atomic E-state index is 13.5. The number of morpholine rings is 1. The lowest BCUT2D eigenvalue weighted by atomic mass is 9.99. The predicted molar refractivity (Wildman–Crippen MR) is 115 cm³/mol. The lowest BCUT2D eigenvalue weighted by molar-refractivity contribution is -0.159. The molecule has 0 saturated carbocycles. The topological polar surface area (TPSA) is 134 Å². The van der Waals surface area contributed by atoms with Crippen molar-refractivity contribution >= 4 is 23.7 Å². The van der Waals surface area contributed by atoms with Gasteiger partial charge in [-0.05, 0) is 37.1 Å². The second kappa shape index (κ2) is 10.3. The van der Waals surface area contributed by atoms with E-state index in [4.69, 9.17) is 4.74 Å². The number of nitrogens with zero attached hydrogens (tertiary/aromatic N) is 1. The molecule has 3 amide bonds. The van der Waals surface area contributed by atoms with Crippen molar-refractivity contribution in [2.75, 3.05) is 13.2 Å². The van der Waals surface area contributed by atoms with E-state index in [1.165, 1.54) is 4.90 Å². The number of aliphatic hydroxyl groups excluding tert-OH is 1. The lowest BCUT2D eigenvalue weighted by Gasteiger charge is -2.43. The van der Waals surface area contributed by atoms with Crippen LogP contribution in [0.4, 0.5) is 13.2 Å². The number of carbonyl (C=O) groups is 4. The number of esters is 1. The van der Waals surface area contributed by atoms with Crippen molar-refractivity contribution < 1.29 is 46.9 Å². The normalized spacial score (nSPS) is 29.4. The van der Waals surface area contributed by atoms with Crippen molar-refractivity contribution in [3.05, 3.63) is 47.5 Å². The zero-order valence-corrected chi connectivity index (χ0v) is 18.9. The number of fused-ring (bicyclic) bond motifs is 1. The van der Waals surface area contributed by atoms with Crippen molar-refractivity contribution in [1.82, 2.24) is 15.5 Å². The minimum absolute atomic E-state index is 0.0606. The second-order valence-corrected chi connectivity index (χ2v) is 8.70. The number of aliphatic hydroxyl groups is 1. The molecule has 10 nitrogen and oxygen atoms in total. The Bertz CT molecular complexity index is 1060. The highest BCUT2D eigenvalue weighted by Crippen LogP contribution is 2.29. The van der Waals surface area contributed by atoms with Gasteiger partial charge in [0.05, 0.1) is 31.2 Å². The van der Waals surface area contributed by atoms with Crippen molar-refractivity contribution in [3.8, 4) is 0 Å². The molecular weight excluding hydrogens is 487 g/mol. The largest absolute Gasteiger partial charge is 0.434 e. The van der Waals surface area contributed by atoms with Crippen molar-refractivity contribution in [3.63, 3.8) is 0 Å². The van der Waals surface area contributed by atoms with Crippen LogP contribution < -0.4 is 10.6 Å². The van der Waals surface area contributed by atoms with Crippen LogP contribution in [0.15, 0.2) is 36.4 Å². The van der Waals surface area contributed by atoms with Crippen LogP contribution in [0, 0.1) is 0 Å². The van der Waals surface area contributed by atoms with Gasteiger partial charge in [0.15, 0.2) is 0 Å². The van der Waals surface area contributed by atoms with Crippen LogP contribution in [-0.2, 0) is 30.0 Å². The molecule has 4 rings (SSSR count). The summed E-state index contributed by atoms with van der Waals surface area (Å²) < 4.78 is 48.6. The Morgan fingerprint density at radius 1 is 1.03 bits per heavy atom. The van der Waals surface area contributed by atoms with Gasteiger partial charge in [0.25, 0.3) is 5.91 Å². The Kier molecular flexibility index (Phi) is 7.31. The molecule has 0 spiro atoms. The van der Waals surface area contributed by atoms with Crippen LogP contribution in [0.2, 0.25) is 0 Å². The molecule has 194 valence electrons. The maximum Gasteiger partial charge on any atom is 0.416 e. The molecular formula is C23H24F3N3O7. The molecule has 36 heavy (non-hydrogen) atoms.